The molecular formula is C23H19ClN2O. The zero-order chi connectivity index (χ0) is 18.6. The SMILES string of the molecule is CCCc1ccc(-c2ccc(-c3noc(-c4ccccc4Cl)n3)cc2)cc1. The molecule has 0 amide bonds. The van der Waals surface area contributed by atoms with Crippen LogP contribution in [0.3, 0.4) is 0 Å². The first-order valence-electron chi connectivity index (χ1n) is 9.03. The van der Waals surface area contributed by atoms with Gasteiger partial charge in [0.25, 0.3) is 5.89 Å². The van der Waals surface area contributed by atoms with Crippen LogP contribution in [0.5, 0.6) is 0 Å². The topological polar surface area (TPSA) is 38.9 Å². The smallest absolute Gasteiger partial charge is 0.259 e. The molecule has 1 aromatic heterocycles. The number of halogens is 1. The molecule has 0 fully saturated rings. The summed E-state index contributed by atoms with van der Waals surface area (Å²) in [6, 6.07) is 24.4. The van der Waals surface area contributed by atoms with Gasteiger partial charge in [-0.25, -0.2) is 0 Å². The maximum atomic E-state index is 6.21. The summed E-state index contributed by atoms with van der Waals surface area (Å²) in [4.78, 5) is 4.48. The number of benzene rings is 3. The average Bonchev–Trinajstić information content (AvgIpc) is 3.19. The predicted octanol–water partition coefficient (Wildman–Crippen LogP) is 6.68. The lowest BCUT2D eigenvalue weighted by atomic mass is 10.0. The minimum atomic E-state index is 0.422. The van der Waals surface area contributed by atoms with Crippen molar-refractivity contribution in [1.82, 2.24) is 10.1 Å². The minimum Gasteiger partial charge on any atom is -0.334 e. The molecular weight excluding hydrogens is 356 g/mol. The normalized spacial score (nSPS) is 10.9. The Morgan fingerprint density at radius 1 is 0.815 bits per heavy atom. The predicted molar refractivity (Wildman–Crippen MR) is 110 cm³/mol. The molecule has 0 bridgehead atoms. The largest absolute Gasteiger partial charge is 0.334 e. The number of aromatic nitrogens is 2. The van der Waals surface area contributed by atoms with Gasteiger partial charge in [0.1, 0.15) is 0 Å². The lowest BCUT2D eigenvalue weighted by Crippen LogP contribution is -1.85. The lowest BCUT2D eigenvalue weighted by molar-refractivity contribution is 0.432. The monoisotopic (exact) mass is 374 g/mol. The third kappa shape index (κ3) is 3.79. The van der Waals surface area contributed by atoms with Gasteiger partial charge in [0.15, 0.2) is 0 Å². The zero-order valence-electron chi connectivity index (χ0n) is 15.0. The first kappa shape index (κ1) is 17.5. The molecule has 0 unspecified atom stereocenters. The van der Waals surface area contributed by atoms with E-state index in [1.807, 2.05) is 30.3 Å². The van der Waals surface area contributed by atoms with E-state index in [1.165, 1.54) is 11.1 Å². The van der Waals surface area contributed by atoms with Gasteiger partial charge in [-0.3, -0.25) is 0 Å². The van der Waals surface area contributed by atoms with E-state index in [9.17, 15) is 0 Å². The first-order valence-corrected chi connectivity index (χ1v) is 9.41. The number of rotatable bonds is 5. The highest BCUT2D eigenvalue weighted by atomic mass is 35.5. The van der Waals surface area contributed by atoms with Crippen molar-refractivity contribution in [3.63, 3.8) is 0 Å². The van der Waals surface area contributed by atoms with Crippen molar-refractivity contribution in [2.75, 3.05) is 0 Å². The van der Waals surface area contributed by atoms with Crippen LogP contribution < -0.4 is 0 Å². The molecule has 4 aromatic rings. The highest BCUT2D eigenvalue weighted by Gasteiger charge is 2.13. The molecule has 0 radical (unpaired) electrons. The van der Waals surface area contributed by atoms with Crippen LogP contribution in [0.1, 0.15) is 18.9 Å². The molecule has 1 heterocycles. The van der Waals surface area contributed by atoms with Crippen LogP contribution in [0.25, 0.3) is 34.0 Å². The summed E-state index contributed by atoms with van der Waals surface area (Å²) in [5, 5.41) is 4.69. The summed E-state index contributed by atoms with van der Waals surface area (Å²) in [5.41, 5.74) is 5.38. The van der Waals surface area contributed by atoms with Gasteiger partial charge in [0.05, 0.1) is 10.6 Å². The fraction of sp³-hybridized carbons (Fsp3) is 0.130. The van der Waals surface area contributed by atoms with Gasteiger partial charge in [-0.2, -0.15) is 4.98 Å². The van der Waals surface area contributed by atoms with Crippen molar-refractivity contribution in [1.29, 1.82) is 0 Å². The van der Waals surface area contributed by atoms with Gasteiger partial charge in [0.2, 0.25) is 5.82 Å². The minimum absolute atomic E-state index is 0.422. The van der Waals surface area contributed by atoms with E-state index < -0.39 is 0 Å². The Morgan fingerprint density at radius 2 is 1.44 bits per heavy atom. The van der Waals surface area contributed by atoms with Gasteiger partial charge in [-0.05, 0) is 35.2 Å². The van der Waals surface area contributed by atoms with Crippen LogP contribution in [0, 0.1) is 0 Å². The van der Waals surface area contributed by atoms with E-state index in [1.54, 1.807) is 6.07 Å². The van der Waals surface area contributed by atoms with E-state index in [0.29, 0.717) is 16.7 Å². The fourth-order valence-electron chi connectivity index (χ4n) is 3.05. The summed E-state index contributed by atoms with van der Waals surface area (Å²) >= 11 is 6.21. The quantitative estimate of drug-likeness (QED) is 0.391. The van der Waals surface area contributed by atoms with Gasteiger partial charge < -0.3 is 4.52 Å². The maximum absolute atomic E-state index is 6.21. The second kappa shape index (κ2) is 7.77. The highest BCUT2D eigenvalue weighted by Crippen LogP contribution is 2.29. The number of hydrogen-bond acceptors (Lipinski definition) is 3. The van der Waals surface area contributed by atoms with Crippen LogP contribution in [0.2, 0.25) is 5.02 Å². The van der Waals surface area contributed by atoms with Crippen LogP contribution in [0.15, 0.2) is 77.3 Å². The summed E-state index contributed by atoms with van der Waals surface area (Å²) in [7, 11) is 0. The Hall–Kier alpha value is -2.91. The summed E-state index contributed by atoms with van der Waals surface area (Å²) in [6.45, 7) is 2.20. The Morgan fingerprint density at radius 3 is 2.11 bits per heavy atom. The number of hydrogen-bond donors (Lipinski definition) is 0. The third-order valence-corrected chi connectivity index (χ3v) is 4.83. The molecule has 0 saturated heterocycles. The summed E-state index contributed by atoms with van der Waals surface area (Å²) in [6.07, 6.45) is 2.28. The molecule has 0 spiro atoms. The Balaban J connectivity index is 1.57. The van der Waals surface area contributed by atoms with Crippen molar-refractivity contribution in [3.8, 4) is 34.0 Å². The molecule has 0 N–H and O–H groups in total. The van der Waals surface area contributed by atoms with E-state index in [4.69, 9.17) is 16.1 Å². The van der Waals surface area contributed by atoms with E-state index in [2.05, 4.69) is 53.5 Å². The van der Waals surface area contributed by atoms with Crippen LogP contribution in [-0.2, 0) is 6.42 Å². The Bertz CT molecular complexity index is 1040. The molecule has 27 heavy (non-hydrogen) atoms. The molecule has 0 aliphatic rings. The van der Waals surface area contributed by atoms with Gasteiger partial charge in [-0.1, -0.05) is 90.8 Å². The van der Waals surface area contributed by atoms with Gasteiger partial charge in [-0.15, -0.1) is 0 Å². The molecule has 4 rings (SSSR count). The Labute approximate surface area is 163 Å². The molecule has 0 saturated carbocycles. The van der Waals surface area contributed by atoms with Crippen molar-refractivity contribution in [2.45, 2.75) is 19.8 Å². The second-order valence-corrected chi connectivity index (χ2v) is 6.83. The maximum Gasteiger partial charge on any atom is 0.259 e. The molecule has 0 aliphatic heterocycles. The van der Waals surface area contributed by atoms with Crippen molar-refractivity contribution in [2.24, 2.45) is 0 Å². The number of nitrogens with zero attached hydrogens (tertiary/aromatic N) is 2. The van der Waals surface area contributed by atoms with E-state index in [-0.39, 0.29) is 0 Å². The van der Waals surface area contributed by atoms with Crippen molar-refractivity contribution >= 4 is 11.6 Å². The average molecular weight is 375 g/mol. The highest BCUT2D eigenvalue weighted by molar-refractivity contribution is 6.33. The molecule has 3 nitrogen and oxygen atoms in total. The molecule has 4 heteroatoms. The molecule has 134 valence electrons. The third-order valence-electron chi connectivity index (χ3n) is 4.50. The first-order chi connectivity index (χ1) is 13.2. The van der Waals surface area contributed by atoms with Crippen LogP contribution in [0.4, 0.5) is 0 Å². The molecule has 0 atom stereocenters. The zero-order valence-corrected chi connectivity index (χ0v) is 15.8. The lowest BCUT2D eigenvalue weighted by Gasteiger charge is -2.04. The summed E-state index contributed by atoms with van der Waals surface area (Å²) < 4.78 is 5.39. The number of aryl methyl sites for hydroxylation is 1. The molecule has 3 aromatic carbocycles. The van der Waals surface area contributed by atoms with Gasteiger partial charge >= 0.3 is 0 Å². The standard InChI is InChI=1S/C23H19ClN2O/c1-2-5-16-8-10-17(11-9-16)18-12-14-19(15-13-18)22-25-23(27-26-22)20-6-3-4-7-21(20)24/h3-4,6-15H,2,5H2,1H3. The van der Waals surface area contributed by atoms with E-state index >= 15 is 0 Å². The Kier molecular flexibility index (Phi) is 5.03. The summed E-state index contributed by atoms with van der Waals surface area (Å²) in [5.74, 6) is 0.973. The fourth-order valence-corrected chi connectivity index (χ4v) is 3.27. The van der Waals surface area contributed by atoms with Crippen LogP contribution >= 0.6 is 11.6 Å². The second-order valence-electron chi connectivity index (χ2n) is 6.43. The molecule has 0 aliphatic carbocycles. The van der Waals surface area contributed by atoms with E-state index in [0.717, 1.165) is 29.5 Å². The van der Waals surface area contributed by atoms with Crippen LogP contribution in [-0.4, -0.2) is 10.1 Å². The van der Waals surface area contributed by atoms with Crippen molar-refractivity contribution in [3.05, 3.63) is 83.4 Å². The van der Waals surface area contributed by atoms with Crippen molar-refractivity contribution < 1.29 is 4.52 Å². The van der Waals surface area contributed by atoms with Gasteiger partial charge in [0, 0.05) is 5.56 Å².